The Morgan fingerprint density at radius 3 is 2.78 bits per heavy atom. The molecule has 3 heteroatoms. The molecule has 0 aliphatic heterocycles. The quantitative estimate of drug-likeness (QED) is 0.706. The third-order valence-corrected chi connectivity index (χ3v) is 4.83. The highest BCUT2D eigenvalue weighted by atomic mass is 16.1. The minimum atomic E-state index is 0.0128. The molecule has 0 saturated carbocycles. The van der Waals surface area contributed by atoms with Crippen LogP contribution in [0.1, 0.15) is 34.4 Å². The molecule has 1 N–H and O–H groups in total. The van der Waals surface area contributed by atoms with Crippen LogP contribution in [0.3, 0.4) is 0 Å². The van der Waals surface area contributed by atoms with Gasteiger partial charge in [0.05, 0.1) is 12.1 Å². The minimum Gasteiger partial charge on any atom is -0.326 e. The summed E-state index contributed by atoms with van der Waals surface area (Å²) in [5.41, 5.74) is 6.66. The fourth-order valence-electron chi connectivity index (χ4n) is 3.50. The van der Waals surface area contributed by atoms with E-state index < -0.39 is 0 Å². The number of hydrogen-bond acceptors (Lipinski definition) is 2. The Hall–Kier alpha value is -3.20. The number of carbonyl (C=O) groups is 1. The van der Waals surface area contributed by atoms with Gasteiger partial charge in [-0.25, -0.2) is 0 Å². The van der Waals surface area contributed by atoms with Crippen molar-refractivity contribution in [2.45, 2.75) is 25.7 Å². The molecule has 0 spiro atoms. The van der Waals surface area contributed by atoms with Crippen molar-refractivity contribution in [1.29, 1.82) is 0 Å². The van der Waals surface area contributed by atoms with E-state index in [4.69, 9.17) is 0 Å². The van der Waals surface area contributed by atoms with E-state index in [-0.39, 0.29) is 5.91 Å². The monoisotopic (exact) mass is 354 g/mol. The summed E-state index contributed by atoms with van der Waals surface area (Å²) >= 11 is 0. The molecule has 27 heavy (non-hydrogen) atoms. The molecular formula is C24H22N2O. The highest BCUT2D eigenvalue weighted by molar-refractivity contribution is 5.92. The third kappa shape index (κ3) is 4.50. The SMILES string of the molecule is O=C(Cc1ccc2c(c1)CCC2)Nc1cccc(/C=C/c2ccccn2)c1. The number of benzene rings is 2. The van der Waals surface area contributed by atoms with Gasteiger partial charge in [0, 0.05) is 11.9 Å². The number of amides is 1. The van der Waals surface area contributed by atoms with Crippen molar-refractivity contribution in [1.82, 2.24) is 4.98 Å². The lowest BCUT2D eigenvalue weighted by Crippen LogP contribution is -2.14. The van der Waals surface area contributed by atoms with Crippen molar-refractivity contribution in [3.63, 3.8) is 0 Å². The van der Waals surface area contributed by atoms with Crippen molar-refractivity contribution in [3.8, 4) is 0 Å². The Labute approximate surface area is 159 Å². The Kier molecular flexibility index (Phi) is 5.10. The van der Waals surface area contributed by atoms with Gasteiger partial charge in [-0.05, 0) is 71.9 Å². The van der Waals surface area contributed by atoms with Crippen molar-refractivity contribution in [3.05, 3.63) is 94.8 Å². The van der Waals surface area contributed by atoms with E-state index in [0.717, 1.165) is 28.9 Å². The van der Waals surface area contributed by atoms with Crippen LogP contribution in [0.2, 0.25) is 0 Å². The van der Waals surface area contributed by atoms with Crippen LogP contribution in [0.15, 0.2) is 66.9 Å². The van der Waals surface area contributed by atoms with Gasteiger partial charge in [0.25, 0.3) is 0 Å². The lowest BCUT2D eigenvalue weighted by Gasteiger charge is -2.08. The van der Waals surface area contributed by atoms with E-state index >= 15 is 0 Å². The Bertz CT molecular complexity index is 977. The molecule has 2 aromatic carbocycles. The maximum Gasteiger partial charge on any atom is 0.228 e. The standard InChI is InChI=1S/C24H22N2O/c27-24(17-19-10-12-20-6-4-7-21(20)15-19)26-23-9-3-5-18(16-23)11-13-22-8-1-2-14-25-22/h1-3,5,8-16H,4,6-7,17H2,(H,26,27)/b13-11+. The number of anilines is 1. The maximum atomic E-state index is 12.4. The number of carbonyl (C=O) groups excluding carboxylic acids is 1. The normalized spacial score (nSPS) is 12.9. The topological polar surface area (TPSA) is 42.0 Å². The number of fused-ring (bicyclic) bond motifs is 1. The molecule has 0 unspecified atom stereocenters. The van der Waals surface area contributed by atoms with Gasteiger partial charge in [-0.2, -0.15) is 0 Å². The molecule has 4 rings (SSSR count). The number of nitrogens with one attached hydrogen (secondary N) is 1. The molecule has 1 amide bonds. The number of nitrogens with zero attached hydrogens (tertiary/aromatic N) is 1. The first-order valence-electron chi connectivity index (χ1n) is 9.36. The molecule has 0 atom stereocenters. The molecule has 0 bridgehead atoms. The second kappa shape index (κ2) is 8.00. The highest BCUT2D eigenvalue weighted by Crippen LogP contribution is 2.23. The second-order valence-corrected chi connectivity index (χ2v) is 6.89. The Morgan fingerprint density at radius 1 is 0.963 bits per heavy atom. The highest BCUT2D eigenvalue weighted by Gasteiger charge is 2.12. The van der Waals surface area contributed by atoms with Gasteiger partial charge in [0.2, 0.25) is 5.91 Å². The molecule has 1 aromatic heterocycles. The fourth-order valence-corrected chi connectivity index (χ4v) is 3.50. The van der Waals surface area contributed by atoms with Gasteiger partial charge < -0.3 is 5.32 Å². The number of aryl methyl sites for hydroxylation is 2. The Balaban J connectivity index is 1.40. The van der Waals surface area contributed by atoms with Crippen LogP contribution in [0.5, 0.6) is 0 Å². The van der Waals surface area contributed by atoms with Gasteiger partial charge in [0.1, 0.15) is 0 Å². The van der Waals surface area contributed by atoms with E-state index in [1.54, 1.807) is 6.20 Å². The molecule has 3 nitrogen and oxygen atoms in total. The van der Waals surface area contributed by atoms with E-state index in [0.29, 0.717) is 6.42 Å². The van der Waals surface area contributed by atoms with Crippen molar-refractivity contribution >= 4 is 23.7 Å². The predicted molar refractivity (Wildman–Crippen MR) is 110 cm³/mol. The van der Waals surface area contributed by atoms with Crippen LogP contribution in [0.25, 0.3) is 12.2 Å². The summed E-state index contributed by atoms with van der Waals surface area (Å²) in [6.45, 7) is 0. The van der Waals surface area contributed by atoms with E-state index in [9.17, 15) is 4.79 Å². The fraction of sp³-hybridized carbons (Fsp3) is 0.167. The number of aromatic nitrogens is 1. The molecule has 1 aliphatic rings. The predicted octanol–water partition coefficient (Wildman–Crippen LogP) is 4.92. The molecule has 134 valence electrons. The average molecular weight is 354 g/mol. The first-order valence-corrected chi connectivity index (χ1v) is 9.36. The first kappa shape index (κ1) is 17.2. The van der Waals surface area contributed by atoms with Crippen LogP contribution in [-0.4, -0.2) is 10.9 Å². The van der Waals surface area contributed by atoms with Crippen molar-refractivity contribution in [2.24, 2.45) is 0 Å². The van der Waals surface area contributed by atoms with Crippen molar-refractivity contribution in [2.75, 3.05) is 5.32 Å². The van der Waals surface area contributed by atoms with Crippen LogP contribution >= 0.6 is 0 Å². The summed E-state index contributed by atoms with van der Waals surface area (Å²) in [4.78, 5) is 16.7. The minimum absolute atomic E-state index is 0.0128. The Morgan fingerprint density at radius 2 is 1.89 bits per heavy atom. The lowest BCUT2D eigenvalue weighted by molar-refractivity contribution is -0.115. The summed E-state index contributed by atoms with van der Waals surface area (Å²) in [7, 11) is 0. The van der Waals surface area contributed by atoms with Gasteiger partial charge in [-0.15, -0.1) is 0 Å². The molecule has 0 fully saturated rings. The van der Waals surface area contributed by atoms with Gasteiger partial charge >= 0.3 is 0 Å². The van der Waals surface area contributed by atoms with E-state index in [1.807, 2.05) is 54.6 Å². The van der Waals surface area contributed by atoms with Gasteiger partial charge in [-0.3, -0.25) is 9.78 Å². The van der Waals surface area contributed by atoms with E-state index in [2.05, 4.69) is 28.5 Å². The number of hydrogen-bond donors (Lipinski definition) is 1. The number of pyridine rings is 1. The summed E-state index contributed by atoms with van der Waals surface area (Å²) in [5, 5.41) is 3.01. The smallest absolute Gasteiger partial charge is 0.228 e. The largest absolute Gasteiger partial charge is 0.326 e. The second-order valence-electron chi connectivity index (χ2n) is 6.89. The zero-order chi connectivity index (χ0) is 18.5. The first-order chi connectivity index (χ1) is 13.3. The molecule has 0 saturated heterocycles. The zero-order valence-electron chi connectivity index (χ0n) is 15.2. The summed E-state index contributed by atoms with van der Waals surface area (Å²) in [6.07, 6.45) is 9.67. The van der Waals surface area contributed by atoms with Crippen LogP contribution in [-0.2, 0) is 24.1 Å². The molecule has 3 aromatic rings. The summed E-state index contributed by atoms with van der Waals surface area (Å²) in [5.74, 6) is 0.0128. The van der Waals surface area contributed by atoms with E-state index in [1.165, 1.54) is 24.0 Å². The van der Waals surface area contributed by atoms with Crippen LogP contribution in [0.4, 0.5) is 5.69 Å². The summed E-state index contributed by atoms with van der Waals surface area (Å²) in [6, 6.07) is 20.1. The van der Waals surface area contributed by atoms with Gasteiger partial charge in [-0.1, -0.05) is 42.5 Å². The molecule has 1 aliphatic carbocycles. The molecular weight excluding hydrogens is 332 g/mol. The van der Waals surface area contributed by atoms with Gasteiger partial charge in [0.15, 0.2) is 0 Å². The number of rotatable bonds is 5. The van der Waals surface area contributed by atoms with Crippen molar-refractivity contribution < 1.29 is 4.79 Å². The van der Waals surface area contributed by atoms with Crippen LogP contribution < -0.4 is 5.32 Å². The lowest BCUT2D eigenvalue weighted by atomic mass is 10.0. The average Bonchev–Trinajstić information content (AvgIpc) is 3.15. The molecule has 0 radical (unpaired) electrons. The van der Waals surface area contributed by atoms with Crippen LogP contribution in [0, 0.1) is 0 Å². The zero-order valence-corrected chi connectivity index (χ0v) is 15.2. The summed E-state index contributed by atoms with van der Waals surface area (Å²) < 4.78 is 0. The maximum absolute atomic E-state index is 12.4. The molecule has 1 heterocycles. The third-order valence-electron chi connectivity index (χ3n) is 4.83.